The van der Waals surface area contributed by atoms with E-state index in [4.69, 9.17) is 9.47 Å². The number of ether oxygens (including phenoxy) is 3. The Bertz CT molecular complexity index is 742. The normalized spacial score (nSPS) is 10.9. The lowest BCUT2D eigenvalue weighted by atomic mass is 10.1. The Hall–Kier alpha value is -2.83. The van der Waals surface area contributed by atoms with Gasteiger partial charge in [-0.25, -0.2) is 0 Å². The summed E-state index contributed by atoms with van der Waals surface area (Å²) in [5.74, 6) is 0.459. The Morgan fingerprint density at radius 2 is 1.71 bits per heavy atom. The highest BCUT2D eigenvalue weighted by molar-refractivity contribution is 5.76. The number of methoxy groups -OCH3 is 2. The average Bonchev–Trinajstić information content (AvgIpc) is 2.74. The van der Waals surface area contributed by atoms with Crippen LogP contribution in [0.3, 0.4) is 0 Å². The Kier molecular flexibility index (Phi) is 12.7. The van der Waals surface area contributed by atoms with Gasteiger partial charge in [-0.1, -0.05) is 32.1 Å². The number of benzene rings is 1. The van der Waals surface area contributed by atoms with Crippen LogP contribution in [-0.4, -0.2) is 32.1 Å². The molecule has 1 rings (SSSR count). The summed E-state index contributed by atoms with van der Waals surface area (Å²) in [5, 5.41) is 2.90. The smallest absolute Gasteiger partial charge is 0.311 e. The van der Waals surface area contributed by atoms with Gasteiger partial charge in [-0.3, -0.25) is 14.4 Å². The molecule has 0 spiro atoms. The lowest BCUT2D eigenvalue weighted by Crippen LogP contribution is -2.22. The molecule has 0 fully saturated rings. The van der Waals surface area contributed by atoms with E-state index in [9.17, 15) is 14.4 Å². The van der Waals surface area contributed by atoms with Crippen molar-refractivity contribution >= 4 is 17.8 Å². The summed E-state index contributed by atoms with van der Waals surface area (Å²) >= 11 is 0. The van der Waals surface area contributed by atoms with E-state index in [1.54, 1.807) is 18.2 Å². The van der Waals surface area contributed by atoms with Gasteiger partial charge in [-0.05, 0) is 49.3 Å². The Labute approximate surface area is 185 Å². The lowest BCUT2D eigenvalue weighted by molar-refractivity contribution is -0.141. The summed E-state index contributed by atoms with van der Waals surface area (Å²) in [7, 11) is 2.79. The van der Waals surface area contributed by atoms with Crippen molar-refractivity contribution in [2.24, 2.45) is 5.92 Å². The number of hydrogen-bond acceptors (Lipinski definition) is 6. The number of unbranched alkanes of at least 4 members (excludes halogenated alkanes) is 2. The van der Waals surface area contributed by atoms with Crippen LogP contribution in [0.15, 0.2) is 30.4 Å². The van der Waals surface area contributed by atoms with E-state index >= 15 is 0 Å². The quantitative estimate of drug-likeness (QED) is 0.203. The number of esters is 2. The maximum atomic E-state index is 12.0. The standard InChI is InChI=1S/C24H35NO6/c1-18(2)10-7-5-6-8-11-22(26)25-17-19-14-15-20(21(16-19)29-3)31-24(28)13-9-12-23(27)30-4/h7,10,14-16,18H,5-6,8-9,11-13,17H2,1-4H3,(H,25,26)/b10-7+. The molecule has 0 bridgehead atoms. The highest BCUT2D eigenvalue weighted by Gasteiger charge is 2.12. The van der Waals surface area contributed by atoms with Gasteiger partial charge in [-0.2, -0.15) is 0 Å². The molecule has 0 unspecified atom stereocenters. The van der Waals surface area contributed by atoms with Crippen molar-refractivity contribution in [3.05, 3.63) is 35.9 Å². The summed E-state index contributed by atoms with van der Waals surface area (Å²) in [6.45, 7) is 4.65. The minimum absolute atomic E-state index is 0.00733. The monoisotopic (exact) mass is 433 g/mol. The first-order chi connectivity index (χ1) is 14.8. The molecule has 1 N–H and O–H groups in total. The van der Waals surface area contributed by atoms with Crippen LogP contribution in [-0.2, 0) is 25.7 Å². The molecule has 1 aromatic rings. The van der Waals surface area contributed by atoms with Crippen LogP contribution in [0.2, 0.25) is 0 Å². The summed E-state index contributed by atoms with van der Waals surface area (Å²) in [6.07, 6.45) is 8.29. The van der Waals surface area contributed by atoms with Crippen molar-refractivity contribution in [1.29, 1.82) is 0 Å². The minimum Gasteiger partial charge on any atom is -0.493 e. The number of allylic oxidation sites excluding steroid dienone is 2. The first-order valence-electron chi connectivity index (χ1n) is 10.7. The van der Waals surface area contributed by atoms with Gasteiger partial charge in [-0.15, -0.1) is 0 Å². The van der Waals surface area contributed by atoms with Gasteiger partial charge in [0, 0.05) is 25.8 Å². The molecule has 1 amide bonds. The van der Waals surface area contributed by atoms with E-state index in [2.05, 4.69) is 36.1 Å². The van der Waals surface area contributed by atoms with E-state index in [0.717, 1.165) is 24.8 Å². The van der Waals surface area contributed by atoms with E-state index in [0.29, 0.717) is 36.8 Å². The van der Waals surface area contributed by atoms with E-state index in [1.165, 1.54) is 14.2 Å². The van der Waals surface area contributed by atoms with Crippen molar-refractivity contribution in [1.82, 2.24) is 5.32 Å². The van der Waals surface area contributed by atoms with Crippen LogP contribution >= 0.6 is 0 Å². The molecular weight excluding hydrogens is 398 g/mol. The van der Waals surface area contributed by atoms with Gasteiger partial charge in [0.15, 0.2) is 11.5 Å². The zero-order valence-electron chi connectivity index (χ0n) is 19.1. The van der Waals surface area contributed by atoms with Gasteiger partial charge >= 0.3 is 11.9 Å². The topological polar surface area (TPSA) is 90.9 Å². The molecule has 0 saturated carbocycles. The fourth-order valence-electron chi connectivity index (χ4n) is 2.76. The van der Waals surface area contributed by atoms with Gasteiger partial charge in [0.05, 0.1) is 14.2 Å². The van der Waals surface area contributed by atoms with Gasteiger partial charge in [0.1, 0.15) is 0 Å². The van der Waals surface area contributed by atoms with Crippen molar-refractivity contribution in [3.63, 3.8) is 0 Å². The summed E-state index contributed by atoms with van der Waals surface area (Å²) in [4.78, 5) is 35.1. The molecule has 0 saturated heterocycles. The van der Waals surface area contributed by atoms with Crippen LogP contribution in [0.25, 0.3) is 0 Å². The van der Waals surface area contributed by atoms with Crippen LogP contribution in [0, 0.1) is 5.92 Å². The van der Waals surface area contributed by atoms with Crippen molar-refractivity contribution in [2.45, 2.75) is 65.3 Å². The van der Waals surface area contributed by atoms with Crippen molar-refractivity contribution in [3.8, 4) is 11.5 Å². The third-order valence-electron chi connectivity index (χ3n) is 4.48. The fraction of sp³-hybridized carbons (Fsp3) is 0.542. The number of carbonyl (C=O) groups excluding carboxylic acids is 3. The molecule has 172 valence electrons. The van der Waals surface area contributed by atoms with Gasteiger partial charge in [0.2, 0.25) is 5.91 Å². The fourth-order valence-corrected chi connectivity index (χ4v) is 2.76. The van der Waals surface area contributed by atoms with Crippen molar-refractivity contribution in [2.75, 3.05) is 14.2 Å². The summed E-state index contributed by atoms with van der Waals surface area (Å²) in [6, 6.07) is 5.14. The molecule has 0 heterocycles. The third kappa shape index (κ3) is 11.8. The van der Waals surface area contributed by atoms with Gasteiger partial charge < -0.3 is 19.5 Å². The second-order valence-corrected chi connectivity index (χ2v) is 7.58. The van der Waals surface area contributed by atoms with Crippen LogP contribution < -0.4 is 14.8 Å². The van der Waals surface area contributed by atoms with Crippen LogP contribution in [0.4, 0.5) is 0 Å². The van der Waals surface area contributed by atoms with E-state index in [-0.39, 0.29) is 24.7 Å². The number of amides is 1. The number of carbonyl (C=O) groups is 3. The van der Waals surface area contributed by atoms with Crippen LogP contribution in [0.5, 0.6) is 11.5 Å². The molecular formula is C24H35NO6. The predicted octanol–water partition coefficient (Wildman–Crippen LogP) is 4.33. The van der Waals surface area contributed by atoms with E-state index in [1.807, 2.05) is 0 Å². The zero-order valence-corrected chi connectivity index (χ0v) is 19.1. The zero-order chi connectivity index (χ0) is 23.1. The largest absolute Gasteiger partial charge is 0.493 e. The predicted molar refractivity (Wildman–Crippen MR) is 119 cm³/mol. The SMILES string of the molecule is COC(=O)CCCC(=O)Oc1ccc(CNC(=O)CCCC/C=C/C(C)C)cc1OC. The molecule has 0 atom stereocenters. The number of nitrogens with one attached hydrogen (secondary N) is 1. The maximum Gasteiger partial charge on any atom is 0.311 e. The van der Waals surface area contributed by atoms with Crippen molar-refractivity contribution < 1.29 is 28.6 Å². The lowest BCUT2D eigenvalue weighted by Gasteiger charge is -2.12. The molecule has 0 aliphatic heterocycles. The number of hydrogen-bond donors (Lipinski definition) is 1. The molecule has 1 aromatic carbocycles. The molecule has 7 nitrogen and oxygen atoms in total. The first kappa shape index (κ1) is 26.2. The maximum absolute atomic E-state index is 12.0. The Balaban J connectivity index is 2.42. The second kappa shape index (κ2) is 15.0. The third-order valence-corrected chi connectivity index (χ3v) is 4.48. The Morgan fingerprint density at radius 3 is 2.39 bits per heavy atom. The van der Waals surface area contributed by atoms with Crippen LogP contribution in [0.1, 0.15) is 64.4 Å². The molecule has 0 radical (unpaired) electrons. The second-order valence-electron chi connectivity index (χ2n) is 7.58. The summed E-state index contributed by atoms with van der Waals surface area (Å²) < 4.78 is 15.2. The highest BCUT2D eigenvalue weighted by Crippen LogP contribution is 2.28. The first-order valence-corrected chi connectivity index (χ1v) is 10.7. The summed E-state index contributed by atoms with van der Waals surface area (Å²) in [5.41, 5.74) is 0.843. The highest BCUT2D eigenvalue weighted by atomic mass is 16.6. The average molecular weight is 434 g/mol. The Morgan fingerprint density at radius 1 is 0.968 bits per heavy atom. The van der Waals surface area contributed by atoms with E-state index < -0.39 is 5.97 Å². The molecule has 0 aliphatic carbocycles. The molecule has 7 heteroatoms. The molecule has 31 heavy (non-hydrogen) atoms. The molecule has 0 aromatic heterocycles. The molecule has 0 aliphatic rings. The number of rotatable bonds is 14. The van der Waals surface area contributed by atoms with Gasteiger partial charge in [0.25, 0.3) is 0 Å². The minimum atomic E-state index is -0.452.